The average Bonchev–Trinajstić information content (AvgIpc) is 2.40. The Morgan fingerprint density at radius 1 is 1.50 bits per heavy atom. The highest BCUT2D eigenvalue weighted by molar-refractivity contribution is 5.79. The lowest BCUT2D eigenvalue weighted by molar-refractivity contribution is -0.125. The molecule has 1 aromatic rings. The fourth-order valence-electron chi connectivity index (χ4n) is 1.78. The van der Waals surface area contributed by atoms with Gasteiger partial charge in [0.1, 0.15) is 5.75 Å². The summed E-state index contributed by atoms with van der Waals surface area (Å²) in [5.74, 6) is 0.688. The highest BCUT2D eigenvalue weighted by Gasteiger charge is 2.17. The Labute approximate surface area is 109 Å². The molecule has 1 rings (SSSR count). The summed E-state index contributed by atoms with van der Waals surface area (Å²) in [6.45, 7) is 4.30. The van der Waals surface area contributed by atoms with Crippen molar-refractivity contribution in [1.82, 2.24) is 5.32 Å². The van der Waals surface area contributed by atoms with Crippen LogP contribution in [0.4, 0.5) is 0 Å². The molecule has 1 aromatic carbocycles. The quantitative estimate of drug-likeness (QED) is 0.810. The molecule has 0 heterocycles. The molecule has 0 spiro atoms. The van der Waals surface area contributed by atoms with Crippen LogP contribution in [-0.4, -0.2) is 19.6 Å². The van der Waals surface area contributed by atoms with Crippen molar-refractivity contribution in [3.8, 4) is 5.75 Å². The van der Waals surface area contributed by atoms with Crippen molar-refractivity contribution >= 4 is 5.91 Å². The molecule has 0 aliphatic heterocycles. The van der Waals surface area contributed by atoms with E-state index >= 15 is 0 Å². The predicted octanol–water partition coefficient (Wildman–Crippen LogP) is 1.86. The summed E-state index contributed by atoms with van der Waals surface area (Å²) in [6, 6.07) is 7.64. The first-order valence-electron chi connectivity index (χ1n) is 6.26. The summed E-state index contributed by atoms with van der Waals surface area (Å²) in [5.41, 5.74) is 6.59. The summed E-state index contributed by atoms with van der Waals surface area (Å²) in [4.78, 5) is 11.9. The molecule has 0 aliphatic rings. The SMILES string of the molecule is CCC(CN)C(=O)N[C@H](C)c1cccc(OC)c1. The van der Waals surface area contributed by atoms with Crippen molar-refractivity contribution in [1.29, 1.82) is 0 Å². The number of methoxy groups -OCH3 is 1. The summed E-state index contributed by atoms with van der Waals surface area (Å²) in [6.07, 6.45) is 0.757. The normalized spacial score (nSPS) is 13.8. The Hall–Kier alpha value is -1.55. The Balaban J connectivity index is 2.69. The van der Waals surface area contributed by atoms with Crippen LogP contribution in [0, 0.1) is 5.92 Å². The van der Waals surface area contributed by atoms with Crippen molar-refractivity contribution in [2.24, 2.45) is 11.7 Å². The second kappa shape index (κ2) is 7.01. The van der Waals surface area contributed by atoms with Crippen LogP contribution in [0.25, 0.3) is 0 Å². The van der Waals surface area contributed by atoms with Gasteiger partial charge in [0.15, 0.2) is 0 Å². The summed E-state index contributed by atoms with van der Waals surface area (Å²) in [7, 11) is 1.63. The third kappa shape index (κ3) is 3.74. The fourth-order valence-corrected chi connectivity index (χ4v) is 1.78. The van der Waals surface area contributed by atoms with Gasteiger partial charge in [-0.3, -0.25) is 4.79 Å². The number of carbonyl (C=O) groups is 1. The largest absolute Gasteiger partial charge is 0.497 e. The standard InChI is InChI=1S/C14H22N2O2/c1-4-11(9-15)14(17)16-10(2)12-6-5-7-13(8-12)18-3/h5-8,10-11H,4,9,15H2,1-3H3,(H,16,17)/t10-,11?/m1/s1. The fraction of sp³-hybridized carbons (Fsp3) is 0.500. The second-order valence-electron chi connectivity index (χ2n) is 4.35. The maximum Gasteiger partial charge on any atom is 0.224 e. The van der Waals surface area contributed by atoms with E-state index in [1.165, 1.54) is 0 Å². The maximum atomic E-state index is 11.9. The van der Waals surface area contributed by atoms with E-state index in [0.29, 0.717) is 6.54 Å². The Bertz CT molecular complexity index is 389. The molecule has 4 nitrogen and oxygen atoms in total. The molecule has 1 amide bonds. The number of hydrogen-bond donors (Lipinski definition) is 2. The molecule has 0 saturated heterocycles. The number of benzene rings is 1. The Kier molecular flexibility index (Phi) is 5.65. The number of carbonyl (C=O) groups excluding carboxylic acids is 1. The molecule has 0 aromatic heterocycles. The molecule has 3 N–H and O–H groups in total. The van der Waals surface area contributed by atoms with Gasteiger partial charge in [-0.25, -0.2) is 0 Å². The van der Waals surface area contributed by atoms with Crippen LogP contribution in [0.1, 0.15) is 31.9 Å². The van der Waals surface area contributed by atoms with E-state index in [0.717, 1.165) is 17.7 Å². The van der Waals surface area contributed by atoms with Gasteiger partial charge in [-0.2, -0.15) is 0 Å². The molecule has 0 radical (unpaired) electrons. The molecule has 0 saturated carbocycles. The monoisotopic (exact) mass is 250 g/mol. The first kappa shape index (κ1) is 14.5. The number of rotatable bonds is 6. The third-order valence-corrected chi connectivity index (χ3v) is 3.10. The summed E-state index contributed by atoms with van der Waals surface area (Å²) >= 11 is 0. The van der Waals surface area contributed by atoms with Gasteiger partial charge < -0.3 is 15.8 Å². The van der Waals surface area contributed by atoms with Crippen LogP contribution in [-0.2, 0) is 4.79 Å². The highest BCUT2D eigenvalue weighted by Crippen LogP contribution is 2.19. The van der Waals surface area contributed by atoms with E-state index < -0.39 is 0 Å². The van der Waals surface area contributed by atoms with Gasteiger partial charge >= 0.3 is 0 Å². The lowest BCUT2D eigenvalue weighted by Gasteiger charge is -2.19. The van der Waals surface area contributed by atoms with E-state index in [1.807, 2.05) is 38.1 Å². The van der Waals surface area contributed by atoms with Crippen molar-refractivity contribution in [3.63, 3.8) is 0 Å². The summed E-state index contributed by atoms with van der Waals surface area (Å²) in [5, 5.41) is 2.97. The van der Waals surface area contributed by atoms with Crippen LogP contribution < -0.4 is 15.8 Å². The van der Waals surface area contributed by atoms with Gasteiger partial charge in [-0.15, -0.1) is 0 Å². The van der Waals surface area contributed by atoms with Gasteiger partial charge in [-0.1, -0.05) is 19.1 Å². The minimum Gasteiger partial charge on any atom is -0.497 e. The van der Waals surface area contributed by atoms with E-state index in [1.54, 1.807) is 7.11 Å². The van der Waals surface area contributed by atoms with E-state index in [9.17, 15) is 4.79 Å². The molecular formula is C14H22N2O2. The molecule has 0 bridgehead atoms. The van der Waals surface area contributed by atoms with E-state index in [2.05, 4.69) is 5.32 Å². The van der Waals surface area contributed by atoms with Gasteiger partial charge in [-0.05, 0) is 31.0 Å². The number of ether oxygens (including phenoxy) is 1. The van der Waals surface area contributed by atoms with Crippen molar-refractivity contribution in [2.45, 2.75) is 26.3 Å². The Morgan fingerprint density at radius 2 is 2.22 bits per heavy atom. The zero-order valence-electron chi connectivity index (χ0n) is 11.3. The molecule has 0 fully saturated rings. The maximum absolute atomic E-state index is 11.9. The number of nitrogens with one attached hydrogen (secondary N) is 1. The molecular weight excluding hydrogens is 228 g/mol. The molecule has 4 heteroatoms. The smallest absolute Gasteiger partial charge is 0.224 e. The molecule has 18 heavy (non-hydrogen) atoms. The molecule has 1 unspecified atom stereocenters. The lowest BCUT2D eigenvalue weighted by Crippen LogP contribution is -2.36. The molecule has 0 aliphatic carbocycles. The van der Waals surface area contributed by atoms with Crippen molar-refractivity contribution < 1.29 is 9.53 Å². The average molecular weight is 250 g/mol. The van der Waals surface area contributed by atoms with Crippen LogP contribution in [0.15, 0.2) is 24.3 Å². The number of nitrogens with two attached hydrogens (primary N) is 1. The van der Waals surface area contributed by atoms with Gasteiger partial charge in [0, 0.05) is 12.5 Å². The summed E-state index contributed by atoms with van der Waals surface area (Å²) < 4.78 is 5.17. The van der Waals surface area contributed by atoms with Crippen molar-refractivity contribution in [2.75, 3.05) is 13.7 Å². The topological polar surface area (TPSA) is 64.4 Å². The molecule has 2 atom stereocenters. The second-order valence-corrected chi connectivity index (χ2v) is 4.35. The van der Waals surface area contributed by atoms with E-state index in [-0.39, 0.29) is 17.9 Å². The van der Waals surface area contributed by atoms with Crippen molar-refractivity contribution in [3.05, 3.63) is 29.8 Å². The first-order valence-corrected chi connectivity index (χ1v) is 6.26. The van der Waals surface area contributed by atoms with E-state index in [4.69, 9.17) is 10.5 Å². The van der Waals surface area contributed by atoms with Gasteiger partial charge in [0.25, 0.3) is 0 Å². The third-order valence-electron chi connectivity index (χ3n) is 3.10. The Morgan fingerprint density at radius 3 is 2.78 bits per heavy atom. The molecule has 100 valence electrons. The van der Waals surface area contributed by atoms with Gasteiger partial charge in [0.05, 0.1) is 13.2 Å². The van der Waals surface area contributed by atoms with Crippen LogP contribution in [0.3, 0.4) is 0 Å². The van der Waals surface area contributed by atoms with Crippen LogP contribution >= 0.6 is 0 Å². The minimum absolute atomic E-state index is 0.00956. The zero-order valence-corrected chi connectivity index (χ0v) is 11.3. The number of hydrogen-bond acceptors (Lipinski definition) is 3. The number of amides is 1. The predicted molar refractivity (Wildman–Crippen MR) is 72.4 cm³/mol. The van der Waals surface area contributed by atoms with Crippen LogP contribution in [0.5, 0.6) is 5.75 Å². The first-order chi connectivity index (χ1) is 8.62. The lowest BCUT2D eigenvalue weighted by atomic mass is 10.0. The zero-order chi connectivity index (χ0) is 13.5. The van der Waals surface area contributed by atoms with Gasteiger partial charge in [0.2, 0.25) is 5.91 Å². The highest BCUT2D eigenvalue weighted by atomic mass is 16.5. The minimum atomic E-state index is -0.113. The van der Waals surface area contributed by atoms with Crippen LogP contribution in [0.2, 0.25) is 0 Å².